The Morgan fingerprint density at radius 1 is 1.50 bits per heavy atom. The molecule has 1 rings (SSSR count). The molecule has 0 aromatic heterocycles. The summed E-state index contributed by atoms with van der Waals surface area (Å²) in [4.78, 5) is 23.1. The van der Waals surface area contributed by atoms with Gasteiger partial charge >= 0.3 is 5.97 Å². The van der Waals surface area contributed by atoms with E-state index in [1.54, 1.807) is 26.8 Å². The van der Waals surface area contributed by atoms with E-state index in [1.807, 2.05) is 18.2 Å². The van der Waals surface area contributed by atoms with Gasteiger partial charge in [-0.1, -0.05) is 18.2 Å². The van der Waals surface area contributed by atoms with Gasteiger partial charge in [-0.3, -0.25) is 9.59 Å². The molecule has 0 aromatic carbocycles. The number of allylic oxidation sites excluding steroid dienone is 6. The van der Waals surface area contributed by atoms with Gasteiger partial charge in [-0.25, -0.2) is 0 Å². The van der Waals surface area contributed by atoms with Crippen molar-refractivity contribution in [1.82, 2.24) is 5.32 Å². The van der Waals surface area contributed by atoms with Crippen LogP contribution in [0.15, 0.2) is 35.8 Å². The topological polar surface area (TPSA) is 64.6 Å². The van der Waals surface area contributed by atoms with Crippen molar-refractivity contribution in [2.75, 3.05) is 13.2 Å². The van der Waals surface area contributed by atoms with Gasteiger partial charge in [0.25, 0.3) is 5.91 Å². The van der Waals surface area contributed by atoms with Crippen LogP contribution in [0.5, 0.6) is 0 Å². The zero-order valence-electron chi connectivity index (χ0n) is 12.1. The minimum absolute atomic E-state index is 0.0239. The third-order valence-corrected chi connectivity index (χ3v) is 2.63. The van der Waals surface area contributed by atoms with Gasteiger partial charge in [-0.2, -0.15) is 0 Å². The summed E-state index contributed by atoms with van der Waals surface area (Å²) in [5, 5.41) is 2.72. The zero-order valence-corrected chi connectivity index (χ0v) is 12.1. The van der Waals surface area contributed by atoms with Gasteiger partial charge < -0.3 is 14.8 Å². The van der Waals surface area contributed by atoms with E-state index in [1.165, 1.54) is 0 Å². The van der Waals surface area contributed by atoms with Crippen LogP contribution in [-0.4, -0.2) is 25.1 Å². The molecule has 20 heavy (non-hydrogen) atoms. The maximum absolute atomic E-state index is 11.6. The molecular formula is C15H21NO4. The summed E-state index contributed by atoms with van der Waals surface area (Å²) in [5.74, 6) is 0.0370. The number of hydrogen-bond donors (Lipinski definition) is 1. The lowest BCUT2D eigenvalue weighted by molar-refractivity contribution is -0.143. The fourth-order valence-electron chi connectivity index (χ4n) is 1.77. The Kier molecular flexibility index (Phi) is 6.56. The molecule has 1 amide bonds. The van der Waals surface area contributed by atoms with Crippen LogP contribution in [0.1, 0.15) is 27.2 Å². The number of amides is 1. The molecule has 5 nitrogen and oxygen atoms in total. The number of nitrogens with one attached hydrogen (secondary N) is 1. The molecule has 0 saturated heterocycles. The maximum Gasteiger partial charge on any atom is 0.306 e. The standard InChI is InChI=1S/C15H21NO4/c1-4-19-15(18)9-13-7-5-6-12(3)20-10-14(17)16-11(2)8-13/h5-8,13H,4,9-10H2,1-3H3,(H,16,17)/b7-5?,11-8+,12-6+. The van der Waals surface area contributed by atoms with E-state index in [0.717, 1.165) is 0 Å². The van der Waals surface area contributed by atoms with E-state index in [4.69, 9.17) is 9.47 Å². The Hall–Kier alpha value is -2.04. The van der Waals surface area contributed by atoms with Crippen LogP contribution in [-0.2, 0) is 19.1 Å². The lowest BCUT2D eigenvalue weighted by atomic mass is 10.0. The highest BCUT2D eigenvalue weighted by Crippen LogP contribution is 2.12. The van der Waals surface area contributed by atoms with Crippen molar-refractivity contribution >= 4 is 11.9 Å². The number of rotatable bonds is 3. The summed E-state index contributed by atoms with van der Waals surface area (Å²) in [5.41, 5.74) is 0.692. The van der Waals surface area contributed by atoms with E-state index in [9.17, 15) is 9.59 Å². The molecule has 5 heteroatoms. The first-order valence-corrected chi connectivity index (χ1v) is 6.63. The first-order valence-electron chi connectivity index (χ1n) is 6.63. The van der Waals surface area contributed by atoms with Crippen molar-refractivity contribution in [3.8, 4) is 0 Å². The Balaban J connectivity index is 2.86. The maximum atomic E-state index is 11.6. The fraction of sp³-hybridized carbons (Fsp3) is 0.467. The second kappa shape index (κ2) is 8.19. The molecule has 0 spiro atoms. The molecule has 0 fully saturated rings. The predicted molar refractivity (Wildman–Crippen MR) is 75.5 cm³/mol. The van der Waals surface area contributed by atoms with Crippen LogP contribution >= 0.6 is 0 Å². The number of esters is 1. The third kappa shape index (κ3) is 6.22. The first-order chi connectivity index (χ1) is 9.51. The zero-order chi connectivity index (χ0) is 15.0. The highest BCUT2D eigenvalue weighted by atomic mass is 16.5. The predicted octanol–water partition coefficient (Wildman–Crippen LogP) is 2.07. The van der Waals surface area contributed by atoms with Crippen molar-refractivity contribution in [3.63, 3.8) is 0 Å². The third-order valence-electron chi connectivity index (χ3n) is 2.63. The van der Waals surface area contributed by atoms with Crippen molar-refractivity contribution in [1.29, 1.82) is 0 Å². The van der Waals surface area contributed by atoms with Gasteiger partial charge in [0, 0.05) is 11.6 Å². The van der Waals surface area contributed by atoms with Gasteiger partial charge in [-0.15, -0.1) is 0 Å². The molecule has 0 bridgehead atoms. The van der Waals surface area contributed by atoms with E-state index in [0.29, 0.717) is 18.1 Å². The molecule has 0 aromatic rings. The van der Waals surface area contributed by atoms with Gasteiger partial charge in [0.1, 0.15) is 0 Å². The average Bonchev–Trinajstić information content (AvgIpc) is 2.37. The highest BCUT2D eigenvalue weighted by molar-refractivity contribution is 5.79. The lowest BCUT2D eigenvalue weighted by Crippen LogP contribution is -2.26. The van der Waals surface area contributed by atoms with E-state index < -0.39 is 0 Å². The van der Waals surface area contributed by atoms with Gasteiger partial charge in [0.15, 0.2) is 6.61 Å². The number of hydrogen-bond acceptors (Lipinski definition) is 4. The number of carbonyl (C=O) groups is 2. The summed E-state index contributed by atoms with van der Waals surface area (Å²) in [6.45, 7) is 5.67. The largest absolute Gasteiger partial charge is 0.488 e. The second-order valence-corrected chi connectivity index (χ2v) is 4.52. The van der Waals surface area contributed by atoms with Crippen LogP contribution in [0.4, 0.5) is 0 Å². The van der Waals surface area contributed by atoms with Crippen molar-refractivity contribution in [2.45, 2.75) is 27.2 Å². The Morgan fingerprint density at radius 2 is 2.25 bits per heavy atom. The lowest BCUT2D eigenvalue weighted by Gasteiger charge is -2.10. The van der Waals surface area contributed by atoms with Crippen LogP contribution < -0.4 is 5.32 Å². The van der Waals surface area contributed by atoms with E-state index >= 15 is 0 Å². The Labute approximate surface area is 119 Å². The van der Waals surface area contributed by atoms with Crippen LogP contribution in [0.3, 0.4) is 0 Å². The highest BCUT2D eigenvalue weighted by Gasteiger charge is 2.11. The molecule has 0 saturated carbocycles. The SMILES string of the molecule is CCOC(=O)CC1C=C/C=C(\C)OCC(=O)N/C(C)=C/1. The summed E-state index contributed by atoms with van der Waals surface area (Å²) in [6, 6.07) is 0. The van der Waals surface area contributed by atoms with E-state index in [2.05, 4.69) is 5.32 Å². The van der Waals surface area contributed by atoms with Gasteiger partial charge in [-0.05, 0) is 26.8 Å². The molecule has 0 aliphatic carbocycles. The molecule has 1 heterocycles. The molecule has 1 unspecified atom stereocenters. The number of carbonyl (C=O) groups excluding carboxylic acids is 2. The van der Waals surface area contributed by atoms with Crippen molar-refractivity contribution < 1.29 is 19.1 Å². The van der Waals surface area contributed by atoms with Crippen LogP contribution in [0, 0.1) is 5.92 Å². The Morgan fingerprint density at radius 3 is 2.95 bits per heavy atom. The monoisotopic (exact) mass is 279 g/mol. The molecule has 110 valence electrons. The second-order valence-electron chi connectivity index (χ2n) is 4.52. The van der Waals surface area contributed by atoms with Gasteiger partial charge in [0.05, 0.1) is 18.8 Å². The quantitative estimate of drug-likeness (QED) is 0.803. The average molecular weight is 279 g/mol. The Bertz CT molecular complexity index is 449. The summed E-state index contributed by atoms with van der Waals surface area (Å²) < 4.78 is 10.2. The normalized spacial score (nSPS) is 25.1. The first kappa shape index (κ1) is 16.0. The number of ether oxygens (including phenoxy) is 2. The molecule has 1 atom stereocenters. The summed E-state index contributed by atoms with van der Waals surface area (Å²) in [7, 11) is 0. The molecule has 0 radical (unpaired) electrons. The molecule has 1 aliphatic rings. The molecular weight excluding hydrogens is 258 g/mol. The molecule has 1 aliphatic heterocycles. The summed E-state index contributed by atoms with van der Waals surface area (Å²) in [6.07, 6.45) is 7.54. The summed E-state index contributed by atoms with van der Waals surface area (Å²) >= 11 is 0. The van der Waals surface area contributed by atoms with Crippen molar-refractivity contribution in [2.24, 2.45) is 5.92 Å². The van der Waals surface area contributed by atoms with Crippen LogP contribution in [0.25, 0.3) is 0 Å². The van der Waals surface area contributed by atoms with Crippen molar-refractivity contribution in [3.05, 3.63) is 35.8 Å². The minimum Gasteiger partial charge on any atom is -0.488 e. The smallest absolute Gasteiger partial charge is 0.306 e. The van der Waals surface area contributed by atoms with Crippen LogP contribution in [0.2, 0.25) is 0 Å². The molecule has 1 N–H and O–H groups in total. The van der Waals surface area contributed by atoms with E-state index in [-0.39, 0.29) is 30.8 Å². The minimum atomic E-state index is -0.260. The fourth-order valence-corrected chi connectivity index (χ4v) is 1.77. The van der Waals surface area contributed by atoms with Gasteiger partial charge in [0.2, 0.25) is 0 Å².